The predicted molar refractivity (Wildman–Crippen MR) is 123 cm³/mol. The van der Waals surface area contributed by atoms with Gasteiger partial charge in [0.2, 0.25) is 10.0 Å². The van der Waals surface area contributed by atoms with E-state index in [2.05, 4.69) is 5.32 Å². The lowest BCUT2D eigenvalue weighted by atomic mass is 10.2. The van der Waals surface area contributed by atoms with Crippen LogP contribution in [0.1, 0.15) is 36.8 Å². The molecule has 0 aromatic heterocycles. The minimum Gasteiger partial charge on any atom is -0.452 e. The van der Waals surface area contributed by atoms with Crippen LogP contribution in [0.4, 0.5) is 5.69 Å². The van der Waals surface area contributed by atoms with E-state index in [1.54, 1.807) is 40.7 Å². The summed E-state index contributed by atoms with van der Waals surface area (Å²) < 4.78 is 32.1. The Bertz CT molecular complexity index is 1050. The molecule has 8 heteroatoms. The van der Waals surface area contributed by atoms with Gasteiger partial charge in [-0.05, 0) is 55.7 Å². The third kappa shape index (κ3) is 6.77. The number of anilines is 1. The summed E-state index contributed by atoms with van der Waals surface area (Å²) in [4.78, 5) is 24.0. The van der Waals surface area contributed by atoms with Crippen LogP contribution in [0, 0.1) is 6.92 Å². The van der Waals surface area contributed by atoms with Gasteiger partial charge in [-0.3, -0.25) is 4.79 Å². The van der Waals surface area contributed by atoms with Crippen molar-refractivity contribution in [1.29, 1.82) is 0 Å². The summed E-state index contributed by atoms with van der Waals surface area (Å²) in [7, 11) is -3.51. The standard InChI is InChI=1S/C24H28N2O5S/c1-19-6-11-21(12-7-19)25-23(27)18-31-24(28)15-10-20-8-13-22(14-9-20)32(29,30)26-16-4-2-3-5-17-26/h6-15H,2-5,16-18H2,1H3,(H,25,27). The summed E-state index contributed by atoms with van der Waals surface area (Å²) in [6.45, 7) is 2.65. The summed E-state index contributed by atoms with van der Waals surface area (Å²) in [6.07, 6.45) is 6.59. The highest BCUT2D eigenvalue weighted by Crippen LogP contribution is 2.21. The van der Waals surface area contributed by atoms with Gasteiger partial charge in [-0.15, -0.1) is 0 Å². The Hall–Kier alpha value is -2.97. The second-order valence-electron chi connectivity index (χ2n) is 7.74. The van der Waals surface area contributed by atoms with Gasteiger partial charge in [0.1, 0.15) is 0 Å². The van der Waals surface area contributed by atoms with Crippen molar-refractivity contribution in [3.63, 3.8) is 0 Å². The molecule has 1 aliphatic rings. The summed E-state index contributed by atoms with van der Waals surface area (Å²) in [5.41, 5.74) is 2.36. The van der Waals surface area contributed by atoms with Crippen molar-refractivity contribution in [1.82, 2.24) is 4.31 Å². The molecular formula is C24H28N2O5S. The third-order valence-corrected chi connectivity index (χ3v) is 7.09. The second kappa shape index (κ2) is 11.1. The van der Waals surface area contributed by atoms with Gasteiger partial charge < -0.3 is 10.1 Å². The Labute approximate surface area is 189 Å². The number of carbonyl (C=O) groups is 2. The molecule has 32 heavy (non-hydrogen) atoms. The lowest BCUT2D eigenvalue weighted by Crippen LogP contribution is -2.31. The van der Waals surface area contributed by atoms with Crippen LogP contribution in [-0.4, -0.2) is 44.3 Å². The number of sulfonamides is 1. The molecule has 2 aromatic carbocycles. The van der Waals surface area contributed by atoms with E-state index >= 15 is 0 Å². The van der Waals surface area contributed by atoms with Crippen molar-refractivity contribution in [3.8, 4) is 0 Å². The molecule has 0 aliphatic carbocycles. The zero-order valence-corrected chi connectivity index (χ0v) is 18.9. The zero-order valence-electron chi connectivity index (χ0n) is 18.1. The first-order chi connectivity index (χ1) is 15.3. The minimum atomic E-state index is -3.51. The molecular weight excluding hydrogens is 428 g/mol. The van der Waals surface area contributed by atoms with Crippen molar-refractivity contribution in [2.24, 2.45) is 0 Å². The van der Waals surface area contributed by atoms with Gasteiger partial charge in [0.05, 0.1) is 4.90 Å². The molecule has 0 spiro atoms. The second-order valence-corrected chi connectivity index (χ2v) is 9.68. The van der Waals surface area contributed by atoms with Crippen LogP contribution in [0.5, 0.6) is 0 Å². The maximum atomic E-state index is 12.8. The van der Waals surface area contributed by atoms with Gasteiger partial charge in [-0.1, -0.05) is 42.7 Å². The maximum absolute atomic E-state index is 12.8. The van der Waals surface area contributed by atoms with Crippen LogP contribution in [-0.2, 0) is 24.3 Å². The molecule has 1 amide bonds. The van der Waals surface area contributed by atoms with Gasteiger partial charge in [0.25, 0.3) is 5.91 Å². The largest absolute Gasteiger partial charge is 0.452 e. The van der Waals surface area contributed by atoms with Gasteiger partial charge >= 0.3 is 5.97 Å². The molecule has 170 valence electrons. The molecule has 0 atom stereocenters. The first kappa shape index (κ1) is 23.7. The number of nitrogens with one attached hydrogen (secondary N) is 1. The lowest BCUT2D eigenvalue weighted by molar-refractivity contribution is -0.142. The third-order valence-electron chi connectivity index (χ3n) is 5.18. The summed E-state index contributed by atoms with van der Waals surface area (Å²) in [6, 6.07) is 13.6. The van der Waals surface area contributed by atoms with E-state index in [1.165, 1.54) is 12.2 Å². The number of aryl methyl sites for hydroxylation is 1. The number of esters is 1. The fourth-order valence-corrected chi connectivity index (χ4v) is 4.88. The molecule has 1 fully saturated rings. The molecule has 3 rings (SSSR count). The Kier molecular flexibility index (Phi) is 8.19. The van der Waals surface area contributed by atoms with E-state index in [1.807, 2.05) is 19.1 Å². The van der Waals surface area contributed by atoms with E-state index in [0.717, 1.165) is 31.2 Å². The number of carbonyl (C=O) groups excluding carboxylic acids is 2. The maximum Gasteiger partial charge on any atom is 0.331 e. The van der Waals surface area contributed by atoms with Crippen LogP contribution in [0.15, 0.2) is 59.5 Å². The van der Waals surface area contributed by atoms with Crippen LogP contribution < -0.4 is 5.32 Å². The van der Waals surface area contributed by atoms with Crippen molar-refractivity contribution in [2.75, 3.05) is 25.0 Å². The molecule has 0 bridgehead atoms. The molecule has 1 saturated heterocycles. The molecule has 1 N–H and O–H groups in total. The van der Waals surface area contributed by atoms with E-state index < -0.39 is 28.5 Å². The van der Waals surface area contributed by atoms with Crippen molar-refractivity contribution >= 4 is 33.7 Å². The fraction of sp³-hybridized carbons (Fsp3) is 0.333. The summed E-state index contributed by atoms with van der Waals surface area (Å²) >= 11 is 0. The molecule has 0 saturated carbocycles. The summed E-state index contributed by atoms with van der Waals surface area (Å²) in [5, 5.41) is 2.65. The van der Waals surface area contributed by atoms with Crippen LogP contribution in [0.3, 0.4) is 0 Å². The van der Waals surface area contributed by atoms with Gasteiger partial charge in [0.15, 0.2) is 6.61 Å². The zero-order chi connectivity index (χ0) is 23.0. The number of amides is 1. The molecule has 1 aliphatic heterocycles. The number of hydrogen-bond donors (Lipinski definition) is 1. The Balaban J connectivity index is 1.50. The minimum absolute atomic E-state index is 0.243. The van der Waals surface area contributed by atoms with Gasteiger partial charge in [0, 0.05) is 24.9 Å². The highest BCUT2D eigenvalue weighted by atomic mass is 32.2. The first-order valence-electron chi connectivity index (χ1n) is 10.7. The first-order valence-corrected chi connectivity index (χ1v) is 12.1. The van der Waals surface area contributed by atoms with Crippen LogP contribution >= 0.6 is 0 Å². The van der Waals surface area contributed by atoms with Crippen LogP contribution in [0.2, 0.25) is 0 Å². The Morgan fingerprint density at radius 1 is 0.969 bits per heavy atom. The Morgan fingerprint density at radius 2 is 1.59 bits per heavy atom. The van der Waals surface area contributed by atoms with Crippen molar-refractivity contribution < 1.29 is 22.7 Å². The molecule has 1 heterocycles. The molecule has 2 aromatic rings. The summed E-state index contributed by atoms with van der Waals surface area (Å²) in [5.74, 6) is -1.09. The van der Waals surface area contributed by atoms with Crippen molar-refractivity contribution in [2.45, 2.75) is 37.5 Å². The highest BCUT2D eigenvalue weighted by Gasteiger charge is 2.24. The van der Waals surface area contributed by atoms with Gasteiger partial charge in [-0.2, -0.15) is 4.31 Å². The SMILES string of the molecule is Cc1ccc(NC(=O)COC(=O)C=Cc2ccc(S(=O)(=O)N3CCCCCC3)cc2)cc1. The predicted octanol–water partition coefficient (Wildman–Crippen LogP) is 3.75. The van der Waals surface area contributed by atoms with E-state index in [9.17, 15) is 18.0 Å². The fourth-order valence-electron chi connectivity index (χ4n) is 3.37. The average Bonchev–Trinajstić information content (AvgIpc) is 3.08. The van der Waals surface area contributed by atoms with E-state index in [-0.39, 0.29) is 4.90 Å². The monoisotopic (exact) mass is 456 g/mol. The smallest absolute Gasteiger partial charge is 0.331 e. The Morgan fingerprint density at radius 3 is 2.22 bits per heavy atom. The lowest BCUT2D eigenvalue weighted by Gasteiger charge is -2.19. The van der Waals surface area contributed by atoms with E-state index in [0.29, 0.717) is 24.3 Å². The average molecular weight is 457 g/mol. The quantitative estimate of drug-likeness (QED) is 0.506. The van der Waals surface area contributed by atoms with Gasteiger partial charge in [-0.25, -0.2) is 13.2 Å². The molecule has 0 unspecified atom stereocenters. The van der Waals surface area contributed by atoms with Crippen molar-refractivity contribution in [3.05, 3.63) is 65.7 Å². The number of hydrogen-bond acceptors (Lipinski definition) is 5. The molecule has 0 radical (unpaired) electrons. The molecule has 7 nitrogen and oxygen atoms in total. The van der Waals surface area contributed by atoms with Crippen LogP contribution in [0.25, 0.3) is 6.08 Å². The number of nitrogens with zero attached hydrogens (tertiary/aromatic N) is 1. The normalized spacial score (nSPS) is 15.3. The highest BCUT2D eigenvalue weighted by molar-refractivity contribution is 7.89. The topological polar surface area (TPSA) is 92.8 Å². The van der Waals surface area contributed by atoms with E-state index in [4.69, 9.17) is 4.74 Å². The number of benzene rings is 2. The number of rotatable bonds is 7. The number of ether oxygens (including phenoxy) is 1.